The van der Waals surface area contributed by atoms with E-state index in [1.807, 2.05) is 0 Å². The number of ether oxygens (including phenoxy) is 1. The van der Waals surface area contributed by atoms with Crippen LogP contribution in [0.3, 0.4) is 0 Å². The highest BCUT2D eigenvalue weighted by atomic mass is 32.1. The second-order valence-corrected chi connectivity index (χ2v) is 6.64. The van der Waals surface area contributed by atoms with Crippen molar-refractivity contribution in [1.82, 2.24) is 4.98 Å². The first-order chi connectivity index (χ1) is 8.41. The van der Waals surface area contributed by atoms with E-state index < -0.39 is 0 Å². The summed E-state index contributed by atoms with van der Waals surface area (Å²) >= 11 is 1.52. The first-order valence-electron chi connectivity index (χ1n) is 6.20. The summed E-state index contributed by atoms with van der Waals surface area (Å²) in [6, 6.07) is 0. The number of methoxy groups -OCH3 is 1. The van der Waals surface area contributed by atoms with E-state index in [0.717, 1.165) is 18.2 Å². The number of carbonyl (C=O) groups excluding carboxylic acids is 1. The number of aromatic nitrogens is 1. The molecule has 1 atom stereocenters. The Hall–Kier alpha value is -1.10. The molecule has 0 saturated carbocycles. The Morgan fingerprint density at radius 2 is 2.28 bits per heavy atom. The highest BCUT2D eigenvalue weighted by molar-refractivity contribution is 7.13. The maximum atomic E-state index is 11.4. The summed E-state index contributed by atoms with van der Waals surface area (Å²) in [5.74, 6) is 0.326. The normalized spacial score (nSPS) is 20.2. The zero-order valence-corrected chi connectivity index (χ0v) is 12.2. The Morgan fingerprint density at radius 1 is 1.56 bits per heavy atom. The molecule has 0 aliphatic carbocycles. The van der Waals surface area contributed by atoms with Gasteiger partial charge in [-0.3, -0.25) is 0 Å². The van der Waals surface area contributed by atoms with E-state index in [2.05, 4.69) is 35.4 Å². The lowest BCUT2D eigenvalue weighted by molar-refractivity contribution is 0.0595. The minimum absolute atomic E-state index is 0.331. The molecule has 1 aromatic rings. The lowest BCUT2D eigenvalue weighted by Crippen LogP contribution is -2.25. The smallest absolute Gasteiger partial charge is 0.357 e. The number of hydrogen-bond acceptors (Lipinski definition) is 5. The molecule has 100 valence electrons. The fourth-order valence-corrected chi connectivity index (χ4v) is 3.08. The van der Waals surface area contributed by atoms with Gasteiger partial charge in [-0.15, -0.1) is 11.3 Å². The quantitative estimate of drug-likeness (QED) is 0.774. The number of nitrogens with zero attached hydrogens (tertiary/aromatic N) is 2. The van der Waals surface area contributed by atoms with Gasteiger partial charge in [0.25, 0.3) is 0 Å². The highest BCUT2D eigenvalue weighted by Gasteiger charge is 2.33. The van der Waals surface area contributed by atoms with E-state index in [-0.39, 0.29) is 5.97 Å². The molecular weight excluding hydrogens is 248 g/mol. The molecule has 4 nitrogen and oxygen atoms in total. The van der Waals surface area contributed by atoms with Gasteiger partial charge in [0.1, 0.15) is 0 Å². The van der Waals surface area contributed by atoms with Crippen LogP contribution < -0.4 is 4.90 Å². The molecule has 2 heterocycles. The van der Waals surface area contributed by atoms with Crippen LogP contribution in [0.25, 0.3) is 0 Å². The van der Waals surface area contributed by atoms with Gasteiger partial charge in [-0.05, 0) is 17.8 Å². The first kappa shape index (κ1) is 13.3. The zero-order chi connectivity index (χ0) is 13.3. The Balaban J connectivity index is 2.06. The Morgan fingerprint density at radius 3 is 2.83 bits per heavy atom. The van der Waals surface area contributed by atoms with E-state index in [0.29, 0.717) is 17.0 Å². The maximum Gasteiger partial charge on any atom is 0.357 e. The monoisotopic (exact) mass is 268 g/mol. The standard InChI is InChI=1S/C13H20N2O2S/c1-13(2,3)9-5-6-15(7-9)12-14-10(8-18-12)11(16)17-4/h8-9H,5-7H2,1-4H3. The van der Waals surface area contributed by atoms with Gasteiger partial charge in [0.15, 0.2) is 10.8 Å². The number of carbonyl (C=O) groups is 1. The Labute approximate surface area is 112 Å². The van der Waals surface area contributed by atoms with Crippen molar-refractivity contribution >= 4 is 22.4 Å². The lowest BCUT2D eigenvalue weighted by atomic mass is 9.80. The van der Waals surface area contributed by atoms with Crippen LogP contribution in [0, 0.1) is 11.3 Å². The molecule has 0 bridgehead atoms. The molecule has 1 fully saturated rings. The van der Waals surface area contributed by atoms with Crippen molar-refractivity contribution in [2.24, 2.45) is 11.3 Å². The summed E-state index contributed by atoms with van der Waals surface area (Å²) < 4.78 is 4.67. The predicted octanol–water partition coefficient (Wildman–Crippen LogP) is 2.80. The van der Waals surface area contributed by atoms with Crippen molar-refractivity contribution < 1.29 is 9.53 Å². The van der Waals surface area contributed by atoms with Gasteiger partial charge in [0.05, 0.1) is 7.11 Å². The largest absolute Gasteiger partial charge is 0.464 e. The van der Waals surface area contributed by atoms with Gasteiger partial charge in [0.2, 0.25) is 0 Å². The summed E-state index contributed by atoms with van der Waals surface area (Å²) in [5, 5.41) is 2.70. The van der Waals surface area contributed by atoms with Gasteiger partial charge >= 0.3 is 5.97 Å². The van der Waals surface area contributed by atoms with Crippen molar-refractivity contribution in [3.05, 3.63) is 11.1 Å². The number of esters is 1. The molecular formula is C13H20N2O2S. The second kappa shape index (κ2) is 4.88. The van der Waals surface area contributed by atoms with Crippen molar-refractivity contribution in [3.63, 3.8) is 0 Å². The summed E-state index contributed by atoms with van der Waals surface area (Å²) in [6.45, 7) is 8.89. The van der Waals surface area contributed by atoms with Gasteiger partial charge < -0.3 is 9.64 Å². The molecule has 0 spiro atoms. The number of anilines is 1. The second-order valence-electron chi connectivity index (χ2n) is 5.80. The minimum Gasteiger partial charge on any atom is -0.464 e. The van der Waals surface area contributed by atoms with E-state index >= 15 is 0 Å². The van der Waals surface area contributed by atoms with Gasteiger partial charge in [0, 0.05) is 18.5 Å². The molecule has 2 rings (SSSR count). The molecule has 0 radical (unpaired) electrons. The molecule has 1 aliphatic rings. The molecule has 1 unspecified atom stereocenters. The van der Waals surface area contributed by atoms with Crippen LogP contribution >= 0.6 is 11.3 Å². The third-order valence-electron chi connectivity index (χ3n) is 3.57. The minimum atomic E-state index is -0.357. The molecule has 1 saturated heterocycles. The van der Waals surface area contributed by atoms with Gasteiger partial charge in [-0.2, -0.15) is 0 Å². The number of thiazole rings is 1. The van der Waals surface area contributed by atoms with Crippen LogP contribution in [0.4, 0.5) is 5.13 Å². The van der Waals surface area contributed by atoms with Crippen LogP contribution in [0.2, 0.25) is 0 Å². The number of rotatable bonds is 2. The summed E-state index contributed by atoms with van der Waals surface area (Å²) in [6.07, 6.45) is 1.19. The molecule has 5 heteroatoms. The van der Waals surface area contributed by atoms with Crippen LogP contribution in [0.15, 0.2) is 5.38 Å². The Bertz CT molecular complexity index is 436. The van der Waals surface area contributed by atoms with Crippen LogP contribution in [0.5, 0.6) is 0 Å². The van der Waals surface area contributed by atoms with Crippen LogP contribution in [-0.2, 0) is 4.74 Å². The van der Waals surface area contributed by atoms with E-state index in [9.17, 15) is 4.79 Å². The lowest BCUT2D eigenvalue weighted by Gasteiger charge is -2.26. The van der Waals surface area contributed by atoms with Crippen LogP contribution in [-0.4, -0.2) is 31.2 Å². The fraction of sp³-hybridized carbons (Fsp3) is 0.692. The predicted molar refractivity (Wildman–Crippen MR) is 73.2 cm³/mol. The Kier molecular flexibility index (Phi) is 3.61. The summed E-state index contributed by atoms with van der Waals surface area (Å²) in [7, 11) is 1.38. The van der Waals surface area contributed by atoms with E-state index in [1.54, 1.807) is 5.38 Å². The van der Waals surface area contributed by atoms with Gasteiger partial charge in [-0.1, -0.05) is 20.8 Å². The van der Waals surface area contributed by atoms with Crippen molar-refractivity contribution in [3.8, 4) is 0 Å². The van der Waals surface area contributed by atoms with Gasteiger partial charge in [-0.25, -0.2) is 9.78 Å². The third-order valence-corrected chi connectivity index (χ3v) is 4.47. The molecule has 1 aliphatic heterocycles. The third kappa shape index (κ3) is 2.66. The number of hydrogen-bond donors (Lipinski definition) is 0. The highest BCUT2D eigenvalue weighted by Crippen LogP contribution is 2.36. The summed E-state index contributed by atoms with van der Waals surface area (Å²) in [4.78, 5) is 18.0. The maximum absolute atomic E-state index is 11.4. The van der Waals surface area contributed by atoms with E-state index in [1.165, 1.54) is 24.9 Å². The van der Waals surface area contributed by atoms with Crippen molar-refractivity contribution in [2.45, 2.75) is 27.2 Å². The molecule has 18 heavy (non-hydrogen) atoms. The molecule has 1 aromatic heterocycles. The van der Waals surface area contributed by atoms with Crippen molar-refractivity contribution in [1.29, 1.82) is 0 Å². The SMILES string of the molecule is COC(=O)c1csc(N2CCC(C(C)(C)C)C2)n1. The van der Waals surface area contributed by atoms with Crippen molar-refractivity contribution in [2.75, 3.05) is 25.1 Å². The average molecular weight is 268 g/mol. The first-order valence-corrected chi connectivity index (χ1v) is 7.08. The zero-order valence-electron chi connectivity index (χ0n) is 11.4. The molecule has 0 amide bonds. The van der Waals surface area contributed by atoms with Crippen LogP contribution in [0.1, 0.15) is 37.7 Å². The topological polar surface area (TPSA) is 42.4 Å². The average Bonchev–Trinajstić information content (AvgIpc) is 2.94. The fourth-order valence-electron chi connectivity index (χ4n) is 2.25. The molecule has 0 N–H and O–H groups in total. The molecule has 0 aromatic carbocycles. The summed E-state index contributed by atoms with van der Waals surface area (Å²) in [5.41, 5.74) is 0.744. The van der Waals surface area contributed by atoms with E-state index in [4.69, 9.17) is 0 Å².